The third-order valence-corrected chi connectivity index (χ3v) is 4.15. The third-order valence-electron chi connectivity index (χ3n) is 3.60. The molecule has 0 spiro atoms. The van der Waals surface area contributed by atoms with Crippen LogP contribution < -0.4 is 5.32 Å². The zero-order valence-electron chi connectivity index (χ0n) is 11.1. The number of benzene rings is 1. The minimum atomic E-state index is -0.0936. The van der Waals surface area contributed by atoms with Crippen molar-refractivity contribution in [2.24, 2.45) is 0 Å². The fourth-order valence-electron chi connectivity index (χ4n) is 2.59. The van der Waals surface area contributed by atoms with Crippen molar-refractivity contribution < 1.29 is 4.79 Å². The van der Waals surface area contributed by atoms with Gasteiger partial charge in [-0.2, -0.15) is 0 Å². The Bertz CT molecular complexity index is 469. The summed E-state index contributed by atoms with van der Waals surface area (Å²) in [5.74, 6) is 0. The summed E-state index contributed by atoms with van der Waals surface area (Å²) in [5.41, 5.74) is 0.598. The van der Waals surface area contributed by atoms with E-state index in [1.807, 2.05) is 4.90 Å². The van der Waals surface area contributed by atoms with Gasteiger partial charge in [0.2, 0.25) is 0 Å². The first-order chi connectivity index (χ1) is 8.99. The highest BCUT2D eigenvalue weighted by molar-refractivity contribution is 6.36. The Balaban J connectivity index is 2.11. The van der Waals surface area contributed by atoms with Crippen molar-refractivity contribution in [3.05, 3.63) is 28.2 Å². The minimum Gasteiger partial charge on any atom is -0.319 e. The molecule has 1 fully saturated rings. The fraction of sp³-hybridized carbons (Fsp3) is 0.500. The second-order valence-corrected chi connectivity index (χ2v) is 5.93. The van der Waals surface area contributed by atoms with E-state index in [1.165, 1.54) is 6.42 Å². The smallest absolute Gasteiger partial charge is 0.319 e. The molecule has 0 aliphatic carbocycles. The molecule has 0 saturated carbocycles. The highest BCUT2D eigenvalue weighted by atomic mass is 35.5. The lowest BCUT2D eigenvalue weighted by atomic mass is 9.98. The van der Waals surface area contributed by atoms with Crippen LogP contribution in [0.15, 0.2) is 18.2 Å². The number of piperidine rings is 1. The Morgan fingerprint density at radius 2 is 1.89 bits per heavy atom. The average molecular weight is 301 g/mol. The van der Waals surface area contributed by atoms with Crippen molar-refractivity contribution >= 4 is 34.9 Å². The number of anilines is 1. The van der Waals surface area contributed by atoms with E-state index in [-0.39, 0.29) is 18.1 Å². The van der Waals surface area contributed by atoms with Gasteiger partial charge in [0.1, 0.15) is 0 Å². The number of nitrogens with one attached hydrogen (secondary N) is 1. The molecule has 1 N–H and O–H groups in total. The van der Waals surface area contributed by atoms with Gasteiger partial charge in [-0.3, -0.25) is 0 Å². The average Bonchev–Trinajstić information content (AvgIpc) is 2.32. The van der Waals surface area contributed by atoms with Gasteiger partial charge in [-0.15, -0.1) is 0 Å². The number of hydrogen-bond acceptors (Lipinski definition) is 1. The number of hydrogen-bond donors (Lipinski definition) is 1. The molecule has 3 nitrogen and oxygen atoms in total. The number of rotatable bonds is 1. The van der Waals surface area contributed by atoms with E-state index in [0.29, 0.717) is 15.7 Å². The molecular weight excluding hydrogens is 283 g/mol. The second kappa shape index (κ2) is 6.02. The highest BCUT2D eigenvalue weighted by Gasteiger charge is 2.29. The van der Waals surface area contributed by atoms with Crippen LogP contribution in [-0.4, -0.2) is 23.0 Å². The summed E-state index contributed by atoms with van der Waals surface area (Å²) in [7, 11) is 0. The molecule has 2 atom stereocenters. The molecule has 19 heavy (non-hydrogen) atoms. The molecule has 1 heterocycles. The zero-order valence-corrected chi connectivity index (χ0v) is 12.6. The van der Waals surface area contributed by atoms with Gasteiger partial charge in [0.25, 0.3) is 0 Å². The monoisotopic (exact) mass is 300 g/mol. The van der Waals surface area contributed by atoms with E-state index in [4.69, 9.17) is 23.2 Å². The van der Waals surface area contributed by atoms with Crippen molar-refractivity contribution in [3.8, 4) is 0 Å². The molecule has 2 rings (SSSR count). The third kappa shape index (κ3) is 3.34. The summed E-state index contributed by atoms with van der Waals surface area (Å²) in [4.78, 5) is 14.2. The lowest BCUT2D eigenvalue weighted by Gasteiger charge is -2.38. The second-order valence-electron chi connectivity index (χ2n) is 5.09. The van der Waals surface area contributed by atoms with Gasteiger partial charge < -0.3 is 10.2 Å². The molecule has 1 aromatic carbocycles. The van der Waals surface area contributed by atoms with Gasteiger partial charge in [-0.05, 0) is 51.3 Å². The molecule has 1 aliphatic heterocycles. The summed E-state index contributed by atoms with van der Waals surface area (Å²) in [6, 6.07) is 5.49. The molecule has 0 aromatic heterocycles. The van der Waals surface area contributed by atoms with Crippen molar-refractivity contribution in [2.45, 2.75) is 45.2 Å². The van der Waals surface area contributed by atoms with E-state index in [9.17, 15) is 4.79 Å². The van der Waals surface area contributed by atoms with Crippen LogP contribution >= 0.6 is 23.2 Å². The van der Waals surface area contributed by atoms with E-state index in [0.717, 1.165) is 12.8 Å². The predicted molar refractivity (Wildman–Crippen MR) is 80.1 cm³/mol. The maximum atomic E-state index is 12.3. The first-order valence-electron chi connectivity index (χ1n) is 6.53. The van der Waals surface area contributed by atoms with Gasteiger partial charge in [-0.25, -0.2) is 4.79 Å². The Morgan fingerprint density at radius 3 is 2.47 bits per heavy atom. The van der Waals surface area contributed by atoms with Crippen LogP contribution in [0, 0.1) is 0 Å². The van der Waals surface area contributed by atoms with Crippen LogP contribution in [0.25, 0.3) is 0 Å². The van der Waals surface area contributed by atoms with E-state index in [1.54, 1.807) is 18.2 Å². The Labute approximate surface area is 123 Å². The van der Waals surface area contributed by atoms with E-state index >= 15 is 0 Å². The first-order valence-corrected chi connectivity index (χ1v) is 7.29. The van der Waals surface area contributed by atoms with Gasteiger partial charge in [0, 0.05) is 17.1 Å². The van der Waals surface area contributed by atoms with Crippen LogP contribution in [0.5, 0.6) is 0 Å². The van der Waals surface area contributed by atoms with Crippen molar-refractivity contribution in [2.75, 3.05) is 5.32 Å². The molecule has 2 amide bonds. The number of halogens is 2. The van der Waals surface area contributed by atoms with E-state index in [2.05, 4.69) is 19.2 Å². The first kappa shape index (κ1) is 14.5. The van der Waals surface area contributed by atoms with Crippen LogP contribution in [0.2, 0.25) is 10.0 Å². The van der Waals surface area contributed by atoms with Crippen molar-refractivity contribution in [1.82, 2.24) is 4.90 Å². The maximum absolute atomic E-state index is 12.3. The lowest BCUT2D eigenvalue weighted by molar-refractivity contribution is 0.133. The molecular formula is C14H18Cl2N2O. The normalized spacial score (nSPS) is 23.3. The van der Waals surface area contributed by atoms with E-state index < -0.39 is 0 Å². The van der Waals surface area contributed by atoms with Crippen molar-refractivity contribution in [3.63, 3.8) is 0 Å². The Morgan fingerprint density at radius 1 is 1.26 bits per heavy atom. The maximum Gasteiger partial charge on any atom is 0.322 e. The summed E-state index contributed by atoms with van der Waals surface area (Å²) < 4.78 is 0. The largest absolute Gasteiger partial charge is 0.322 e. The molecule has 0 radical (unpaired) electrons. The van der Waals surface area contributed by atoms with Crippen LogP contribution in [0.3, 0.4) is 0 Å². The number of amides is 2. The van der Waals surface area contributed by atoms with Crippen LogP contribution in [-0.2, 0) is 0 Å². The van der Waals surface area contributed by atoms with Crippen molar-refractivity contribution in [1.29, 1.82) is 0 Å². The summed E-state index contributed by atoms with van der Waals surface area (Å²) >= 11 is 11.9. The summed E-state index contributed by atoms with van der Waals surface area (Å²) in [6.45, 7) is 4.16. The van der Waals surface area contributed by atoms with Gasteiger partial charge in [0.15, 0.2) is 0 Å². The predicted octanol–water partition coefficient (Wildman–Crippen LogP) is 4.79. The molecule has 0 unspecified atom stereocenters. The van der Waals surface area contributed by atoms with Gasteiger partial charge >= 0.3 is 6.03 Å². The van der Waals surface area contributed by atoms with Crippen LogP contribution in [0.4, 0.5) is 10.5 Å². The molecule has 1 aromatic rings. The molecule has 5 heteroatoms. The topological polar surface area (TPSA) is 32.3 Å². The minimum absolute atomic E-state index is 0.0936. The Kier molecular flexibility index (Phi) is 4.58. The number of carbonyl (C=O) groups is 1. The van der Waals surface area contributed by atoms with Gasteiger partial charge in [-0.1, -0.05) is 23.2 Å². The zero-order chi connectivity index (χ0) is 14.0. The van der Waals surface area contributed by atoms with Gasteiger partial charge in [0.05, 0.1) is 10.7 Å². The van der Waals surface area contributed by atoms with Crippen LogP contribution in [0.1, 0.15) is 33.1 Å². The molecule has 0 bridgehead atoms. The lowest BCUT2D eigenvalue weighted by Crippen LogP contribution is -2.49. The molecule has 104 valence electrons. The number of urea groups is 1. The standard InChI is InChI=1S/C14H18Cl2N2O/c1-9-4-3-5-10(2)18(9)14(19)17-13-7-6-11(15)8-12(13)16/h6-10H,3-5H2,1-2H3,(H,17,19)/t9-,10-/m1/s1. The summed E-state index contributed by atoms with van der Waals surface area (Å²) in [6.07, 6.45) is 3.27. The quantitative estimate of drug-likeness (QED) is 0.794. The number of nitrogens with zero attached hydrogens (tertiary/aromatic N) is 1. The number of carbonyl (C=O) groups excluding carboxylic acids is 1. The molecule has 1 aliphatic rings. The Hall–Kier alpha value is -0.930. The number of likely N-dealkylation sites (tertiary alicyclic amines) is 1. The fourth-order valence-corrected chi connectivity index (χ4v) is 3.05. The highest BCUT2D eigenvalue weighted by Crippen LogP contribution is 2.28. The SMILES string of the molecule is C[C@@H]1CCC[C@@H](C)N1C(=O)Nc1ccc(Cl)cc1Cl. The molecule has 1 saturated heterocycles. The summed E-state index contributed by atoms with van der Waals surface area (Å²) in [5, 5.41) is 3.88.